The van der Waals surface area contributed by atoms with E-state index >= 15 is 0 Å². The van der Waals surface area contributed by atoms with Crippen molar-refractivity contribution in [2.75, 3.05) is 25.2 Å². The summed E-state index contributed by atoms with van der Waals surface area (Å²) in [5.41, 5.74) is 0.601. The summed E-state index contributed by atoms with van der Waals surface area (Å²) >= 11 is 5.99. The Morgan fingerprint density at radius 1 is 1.47 bits per heavy atom. The lowest BCUT2D eigenvalue weighted by Gasteiger charge is -2.19. The van der Waals surface area contributed by atoms with Crippen molar-refractivity contribution in [3.05, 3.63) is 12.0 Å². The topological polar surface area (TPSA) is 91.9 Å². The van der Waals surface area contributed by atoms with E-state index in [1.807, 2.05) is 4.57 Å². The zero-order chi connectivity index (χ0) is 13.4. The van der Waals surface area contributed by atoms with Crippen LogP contribution in [0, 0.1) is 5.92 Å². The van der Waals surface area contributed by atoms with Crippen molar-refractivity contribution < 1.29 is 14.9 Å². The lowest BCUT2D eigenvalue weighted by Crippen LogP contribution is -2.23. The number of aliphatic hydroxyl groups is 2. The van der Waals surface area contributed by atoms with Crippen molar-refractivity contribution in [1.82, 2.24) is 9.55 Å². The largest absolute Gasteiger partial charge is 0.396 e. The zero-order valence-corrected chi connectivity index (χ0v) is 10.9. The van der Waals surface area contributed by atoms with Crippen LogP contribution >= 0.6 is 11.6 Å². The van der Waals surface area contributed by atoms with Gasteiger partial charge in [-0.3, -0.25) is 4.57 Å². The van der Waals surface area contributed by atoms with E-state index in [0.717, 1.165) is 5.82 Å². The normalized spacial score (nSPS) is 29.8. The molecule has 3 atom stereocenters. The highest BCUT2D eigenvalue weighted by molar-refractivity contribution is 6.70. The third-order valence-electron chi connectivity index (χ3n) is 3.54. The lowest BCUT2D eigenvalue weighted by molar-refractivity contribution is -0.0340. The highest BCUT2D eigenvalue weighted by Crippen LogP contribution is 2.36. The average molecular weight is 287 g/mol. The summed E-state index contributed by atoms with van der Waals surface area (Å²) in [5.74, 6) is 0.695. The van der Waals surface area contributed by atoms with Gasteiger partial charge in [0, 0.05) is 18.9 Å². The summed E-state index contributed by atoms with van der Waals surface area (Å²) in [6.45, 7) is 0.291. The van der Waals surface area contributed by atoms with E-state index in [1.54, 1.807) is 6.33 Å². The molecule has 104 valence electrons. The molecule has 2 aliphatic rings. The predicted molar refractivity (Wildman–Crippen MR) is 69.3 cm³/mol. The van der Waals surface area contributed by atoms with E-state index < -0.39 is 0 Å². The molecule has 3 rings (SSSR count). The molecule has 1 aromatic heterocycles. The van der Waals surface area contributed by atoms with Gasteiger partial charge >= 0.3 is 0 Å². The van der Waals surface area contributed by atoms with Crippen molar-refractivity contribution in [1.29, 1.82) is 0 Å². The van der Waals surface area contributed by atoms with Crippen molar-refractivity contribution in [2.45, 2.75) is 18.8 Å². The summed E-state index contributed by atoms with van der Waals surface area (Å²) in [6.07, 6.45) is 1.65. The molecule has 1 saturated heterocycles. The van der Waals surface area contributed by atoms with Crippen LogP contribution < -0.4 is 5.32 Å². The van der Waals surface area contributed by atoms with E-state index in [-0.39, 0.29) is 31.5 Å². The minimum Gasteiger partial charge on any atom is -0.396 e. The van der Waals surface area contributed by atoms with E-state index in [4.69, 9.17) is 16.3 Å². The van der Waals surface area contributed by atoms with Crippen LogP contribution in [0.5, 0.6) is 0 Å². The van der Waals surface area contributed by atoms with Crippen LogP contribution in [-0.2, 0) is 4.74 Å². The van der Waals surface area contributed by atoms with Crippen LogP contribution in [0.4, 0.5) is 5.82 Å². The minimum absolute atomic E-state index is 0.00570. The molecule has 0 spiro atoms. The van der Waals surface area contributed by atoms with Crippen LogP contribution in [0.1, 0.15) is 18.3 Å². The minimum atomic E-state index is -0.347. The van der Waals surface area contributed by atoms with Gasteiger partial charge in [-0.1, -0.05) is 11.6 Å². The molecule has 3 heterocycles. The van der Waals surface area contributed by atoms with Crippen LogP contribution in [0.2, 0.25) is 0 Å². The predicted octanol–water partition coefficient (Wildman–Crippen LogP) is 0.140. The second-order valence-corrected chi connectivity index (χ2v) is 4.98. The quantitative estimate of drug-likeness (QED) is 0.735. The molecular formula is C11H15ClN4O3. The molecule has 19 heavy (non-hydrogen) atoms. The molecule has 2 aliphatic heterocycles. The van der Waals surface area contributed by atoms with Crippen molar-refractivity contribution >= 4 is 22.6 Å². The van der Waals surface area contributed by atoms with Crippen molar-refractivity contribution in [3.63, 3.8) is 0 Å². The summed E-state index contributed by atoms with van der Waals surface area (Å²) in [7, 11) is 0. The monoisotopic (exact) mass is 286 g/mol. The summed E-state index contributed by atoms with van der Waals surface area (Å²) in [5, 5.41) is 22.0. The van der Waals surface area contributed by atoms with Gasteiger partial charge in [0.15, 0.2) is 5.17 Å². The van der Waals surface area contributed by atoms with Crippen molar-refractivity contribution in [2.24, 2.45) is 10.9 Å². The van der Waals surface area contributed by atoms with Crippen molar-refractivity contribution in [3.8, 4) is 0 Å². The number of rotatable bonds is 3. The maximum atomic E-state index is 9.29. The van der Waals surface area contributed by atoms with Crippen LogP contribution in [0.15, 0.2) is 11.3 Å². The SMILES string of the molecule is OC[C@H]1C[C@H](n2cnc3c2NCN=C3Cl)O[C@@H]1CO. The lowest BCUT2D eigenvalue weighted by atomic mass is 10.0. The summed E-state index contributed by atoms with van der Waals surface area (Å²) in [6, 6.07) is 0. The standard InChI is InChI=1S/C11H15ClN4O3/c12-10-9-11(14-4-13-10)16(5-15-9)8-1-6(2-17)7(3-18)19-8/h5-8,14,17-18H,1-4H2/t6-,7-,8-/m1/s1. The maximum Gasteiger partial charge on any atom is 0.155 e. The van der Waals surface area contributed by atoms with Gasteiger partial charge < -0.3 is 20.3 Å². The Hall–Kier alpha value is -1.15. The summed E-state index contributed by atoms with van der Waals surface area (Å²) in [4.78, 5) is 8.26. The fourth-order valence-corrected chi connectivity index (χ4v) is 2.70. The third kappa shape index (κ3) is 2.12. The zero-order valence-electron chi connectivity index (χ0n) is 10.2. The van der Waals surface area contributed by atoms with Crippen LogP contribution in [-0.4, -0.2) is 50.9 Å². The van der Waals surface area contributed by atoms with Gasteiger partial charge in [0.05, 0.1) is 19.0 Å². The third-order valence-corrected chi connectivity index (χ3v) is 3.84. The first kappa shape index (κ1) is 12.9. The smallest absolute Gasteiger partial charge is 0.155 e. The van der Waals surface area contributed by atoms with Gasteiger partial charge in [0.1, 0.15) is 24.4 Å². The average Bonchev–Trinajstić information content (AvgIpc) is 3.02. The molecule has 8 heteroatoms. The fourth-order valence-electron chi connectivity index (χ4n) is 2.51. The number of aliphatic hydroxyl groups excluding tert-OH is 2. The first-order chi connectivity index (χ1) is 9.24. The number of ether oxygens (including phenoxy) is 1. The number of nitrogens with one attached hydrogen (secondary N) is 1. The van der Waals surface area contributed by atoms with Gasteiger partial charge in [-0.15, -0.1) is 0 Å². The van der Waals surface area contributed by atoms with E-state index in [1.165, 1.54) is 0 Å². The molecule has 0 radical (unpaired) electrons. The Morgan fingerprint density at radius 2 is 2.32 bits per heavy atom. The van der Waals surface area contributed by atoms with E-state index in [2.05, 4.69) is 15.3 Å². The van der Waals surface area contributed by atoms with Gasteiger partial charge in [-0.05, 0) is 0 Å². The Morgan fingerprint density at radius 3 is 3.00 bits per heavy atom. The van der Waals surface area contributed by atoms with Gasteiger partial charge in [-0.25, -0.2) is 9.98 Å². The number of aliphatic imine (C=N–C) groups is 1. The Balaban J connectivity index is 1.87. The fraction of sp³-hybridized carbons (Fsp3) is 0.636. The number of aromatic nitrogens is 2. The first-order valence-corrected chi connectivity index (χ1v) is 6.50. The van der Waals surface area contributed by atoms with E-state index in [9.17, 15) is 10.2 Å². The number of fused-ring (bicyclic) bond motifs is 1. The molecule has 7 nitrogen and oxygen atoms in total. The molecule has 0 saturated carbocycles. The number of hydrogen-bond acceptors (Lipinski definition) is 6. The first-order valence-electron chi connectivity index (χ1n) is 6.12. The highest BCUT2D eigenvalue weighted by atomic mass is 35.5. The second-order valence-electron chi connectivity index (χ2n) is 4.62. The van der Waals surface area contributed by atoms with Gasteiger partial charge in [0.2, 0.25) is 0 Å². The number of halogens is 1. The molecule has 0 aromatic carbocycles. The van der Waals surface area contributed by atoms with Crippen LogP contribution in [0.25, 0.3) is 0 Å². The van der Waals surface area contributed by atoms with Crippen LogP contribution in [0.3, 0.4) is 0 Å². The molecule has 1 fully saturated rings. The van der Waals surface area contributed by atoms with Gasteiger partial charge in [-0.2, -0.15) is 0 Å². The number of anilines is 1. The Bertz CT molecular complexity index is 492. The highest BCUT2D eigenvalue weighted by Gasteiger charge is 2.37. The Labute approximate surface area is 114 Å². The molecule has 0 unspecified atom stereocenters. The Kier molecular flexibility index (Phi) is 3.44. The number of hydrogen-bond donors (Lipinski definition) is 3. The molecule has 3 N–H and O–H groups in total. The van der Waals surface area contributed by atoms with Gasteiger partial charge in [0.25, 0.3) is 0 Å². The molecule has 0 aliphatic carbocycles. The molecule has 0 amide bonds. The molecule has 0 bridgehead atoms. The molecule has 1 aromatic rings. The second kappa shape index (κ2) is 5.09. The number of nitrogens with zero attached hydrogens (tertiary/aromatic N) is 3. The number of imidazole rings is 1. The van der Waals surface area contributed by atoms with E-state index in [0.29, 0.717) is 24.0 Å². The molecular weight excluding hydrogens is 272 g/mol. The summed E-state index contributed by atoms with van der Waals surface area (Å²) < 4.78 is 7.59. The maximum absolute atomic E-state index is 9.29.